The minimum Gasteiger partial charge on any atom is -0.484 e. The molecule has 4 nitrogen and oxygen atoms in total. The van der Waals surface area contributed by atoms with Crippen LogP contribution in [0.4, 0.5) is 4.39 Å². The summed E-state index contributed by atoms with van der Waals surface area (Å²) in [6.07, 6.45) is 5.44. The maximum Gasteiger partial charge on any atom is 0.258 e. The molecule has 1 amide bonds. The van der Waals surface area contributed by atoms with Crippen LogP contribution in [-0.4, -0.2) is 24.6 Å². The lowest BCUT2D eigenvalue weighted by molar-refractivity contribution is -0.125. The van der Waals surface area contributed by atoms with Crippen LogP contribution in [0.5, 0.6) is 5.75 Å². The van der Waals surface area contributed by atoms with Crippen LogP contribution in [0.3, 0.4) is 0 Å². The summed E-state index contributed by atoms with van der Waals surface area (Å²) in [5.41, 5.74) is 6.10. The zero-order valence-electron chi connectivity index (χ0n) is 12.9. The first-order chi connectivity index (χ1) is 11.0. The van der Waals surface area contributed by atoms with E-state index in [1.54, 1.807) is 0 Å². The van der Waals surface area contributed by atoms with Crippen LogP contribution in [0.15, 0.2) is 18.2 Å². The molecule has 23 heavy (non-hydrogen) atoms. The van der Waals surface area contributed by atoms with Gasteiger partial charge in [-0.25, -0.2) is 4.39 Å². The van der Waals surface area contributed by atoms with Crippen LogP contribution in [0.1, 0.15) is 32.1 Å². The van der Waals surface area contributed by atoms with Gasteiger partial charge in [0, 0.05) is 18.2 Å². The molecule has 2 unspecified atom stereocenters. The van der Waals surface area contributed by atoms with Gasteiger partial charge >= 0.3 is 0 Å². The van der Waals surface area contributed by atoms with Gasteiger partial charge in [0.15, 0.2) is 6.61 Å². The normalized spacial score (nSPS) is 29.9. The van der Waals surface area contributed by atoms with E-state index in [-0.39, 0.29) is 29.6 Å². The van der Waals surface area contributed by atoms with Crippen LogP contribution in [0.25, 0.3) is 0 Å². The van der Waals surface area contributed by atoms with Gasteiger partial charge in [-0.15, -0.1) is 0 Å². The lowest BCUT2D eigenvalue weighted by Gasteiger charge is -2.45. The fraction of sp³-hybridized carbons (Fsp3) is 0.588. The number of hydrogen-bond acceptors (Lipinski definition) is 3. The highest BCUT2D eigenvalue weighted by atomic mass is 35.5. The van der Waals surface area contributed by atoms with E-state index in [9.17, 15) is 9.18 Å². The molecule has 2 saturated carbocycles. The van der Waals surface area contributed by atoms with Gasteiger partial charge in [-0.1, -0.05) is 18.0 Å². The summed E-state index contributed by atoms with van der Waals surface area (Å²) in [5, 5.41) is 3.10. The van der Waals surface area contributed by atoms with E-state index in [0.717, 1.165) is 25.7 Å². The Balaban J connectivity index is 1.54. The summed E-state index contributed by atoms with van der Waals surface area (Å²) in [6.45, 7) is -0.0933. The Morgan fingerprint density at radius 2 is 2.04 bits per heavy atom. The molecule has 2 atom stereocenters. The second-order valence-corrected chi connectivity index (χ2v) is 7.05. The Morgan fingerprint density at radius 1 is 1.35 bits per heavy atom. The van der Waals surface area contributed by atoms with Crippen LogP contribution < -0.4 is 15.8 Å². The SMILES string of the molecule is NC1CC2CCCC(C1)C2NC(=O)COc1ccc(F)c(Cl)c1. The van der Waals surface area contributed by atoms with Crippen molar-refractivity contribution in [2.75, 3.05) is 6.61 Å². The van der Waals surface area contributed by atoms with Gasteiger partial charge in [0.05, 0.1) is 5.02 Å². The zero-order chi connectivity index (χ0) is 16.4. The largest absolute Gasteiger partial charge is 0.484 e. The molecule has 0 spiro atoms. The lowest BCUT2D eigenvalue weighted by Crippen LogP contribution is -2.54. The van der Waals surface area contributed by atoms with Crippen molar-refractivity contribution in [2.45, 2.75) is 44.2 Å². The third-order valence-electron chi connectivity index (χ3n) is 4.97. The molecule has 0 radical (unpaired) electrons. The van der Waals surface area contributed by atoms with E-state index < -0.39 is 5.82 Å². The average Bonchev–Trinajstić information content (AvgIpc) is 2.49. The van der Waals surface area contributed by atoms with E-state index >= 15 is 0 Å². The molecule has 1 aromatic carbocycles. The van der Waals surface area contributed by atoms with E-state index in [2.05, 4.69) is 5.32 Å². The number of ether oxygens (including phenoxy) is 1. The predicted octanol–water partition coefficient (Wildman–Crippen LogP) is 2.88. The second-order valence-electron chi connectivity index (χ2n) is 6.64. The molecule has 2 fully saturated rings. The molecule has 3 rings (SSSR count). The standard InChI is InChI=1S/C17H22ClFN2O2/c18-14-8-13(4-5-15(14)19)23-9-16(22)21-17-10-2-1-3-11(17)7-12(20)6-10/h4-5,8,10-12,17H,1-3,6-7,9,20H2,(H,21,22). The third kappa shape index (κ3) is 3.96. The monoisotopic (exact) mass is 340 g/mol. The van der Waals surface area contributed by atoms with Crippen molar-refractivity contribution in [3.63, 3.8) is 0 Å². The number of nitrogens with one attached hydrogen (secondary N) is 1. The maximum atomic E-state index is 13.1. The molecule has 126 valence electrons. The number of amides is 1. The smallest absolute Gasteiger partial charge is 0.258 e. The first-order valence-corrected chi connectivity index (χ1v) is 8.53. The predicted molar refractivity (Wildman–Crippen MR) is 86.9 cm³/mol. The van der Waals surface area contributed by atoms with Gasteiger partial charge in [-0.3, -0.25) is 4.79 Å². The van der Waals surface area contributed by atoms with Crippen LogP contribution in [0.2, 0.25) is 5.02 Å². The molecule has 0 heterocycles. The van der Waals surface area contributed by atoms with Crippen molar-refractivity contribution in [3.05, 3.63) is 29.0 Å². The Morgan fingerprint density at radius 3 is 2.70 bits per heavy atom. The number of halogens is 2. The number of rotatable bonds is 4. The highest BCUT2D eigenvalue weighted by Crippen LogP contribution is 2.39. The molecular weight excluding hydrogens is 319 g/mol. The first-order valence-electron chi connectivity index (χ1n) is 8.15. The Hall–Kier alpha value is -1.33. The Bertz CT molecular complexity index is 570. The highest BCUT2D eigenvalue weighted by Gasteiger charge is 2.39. The first kappa shape index (κ1) is 16.5. The molecule has 3 N–H and O–H groups in total. The summed E-state index contributed by atoms with van der Waals surface area (Å²) < 4.78 is 18.5. The van der Waals surface area contributed by atoms with E-state index in [1.165, 1.54) is 24.6 Å². The molecule has 0 aliphatic heterocycles. The highest BCUT2D eigenvalue weighted by molar-refractivity contribution is 6.30. The topological polar surface area (TPSA) is 64.3 Å². The van der Waals surface area contributed by atoms with E-state index in [1.807, 2.05) is 0 Å². The second kappa shape index (κ2) is 7.05. The van der Waals surface area contributed by atoms with Gasteiger partial charge < -0.3 is 15.8 Å². The number of benzene rings is 1. The molecule has 2 bridgehead atoms. The van der Waals surface area contributed by atoms with E-state index in [0.29, 0.717) is 17.6 Å². The fourth-order valence-corrected chi connectivity index (χ4v) is 4.14. The van der Waals surface area contributed by atoms with Gasteiger partial charge in [0.2, 0.25) is 0 Å². The van der Waals surface area contributed by atoms with Crippen molar-refractivity contribution < 1.29 is 13.9 Å². The molecule has 1 aromatic rings. The van der Waals surface area contributed by atoms with Gasteiger partial charge in [-0.05, 0) is 49.7 Å². The molecule has 2 aliphatic carbocycles. The van der Waals surface area contributed by atoms with Crippen molar-refractivity contribution >= 4 is 17.5 Å². The van der Waals surface area contributed by atoms with E-state index in [4.69, 9.17) is 22.1 Å². The summed E-state index contributed by atoms with van der Waals surface area (Å²) in [7, 11) is 0. The van der Waals surface area contributed by atoms with Gasteiger partial charge in [0.1, 0.15) is 11.6 Å². The van der Waals surface area contributed by atoms with Gasteiger partial charge in [-0.2, -0.15) is 0 Å². The van der Waals surface area contributed by atoms with Crippen molar-refractivity contribution in [1.82, 2.24) is 5.32 Å². The number of carbonyl (C=O) groups is 1. The van der Waals surface area contributed by atoms with Crippen LogP contribution in [-0.2, 0) is 4.79 Å². The van der Waals surface area contributed by atoms with Crippen molar-refractivity contribution in [1.29, 1.82) is 0 Å². The van der Waals surface area contributed by atoms with Crippen molar-refractivity contribution in [3.8, 4) is 5.75 Å². The molecule has 0 aromatic heterocycles. The molecule has 0 saturated heterocycles. The Labute approximate surface area is 140 Å². The summed E-state index contributed by atoms with van der Waals surface area (Å²) >= 11 is 5.70. The van der Waals surface area contributed by atoms with Gasteiger partial charge in [0.25, 0.3) is 5.91 Å². The number of nitrogens with two attached hydrogens (primary N) is 1. The lowest BCUT2D eigenvalue weighted by atomic mass is 9.67. The Kier molecular flexibility index (Phi) is 5.07. The minimum atomic E-state index is -0.505. The quantitative estimate of drug-likeness (QED) is 0.885. The van der Waals surface area contributed by atoms with Crippen LogP contribution >= 0.6 is 11.6 Å². The van der Waals surface area contributed by atoms with Crippen LogP contribution in [0, 0.1) is 17.7 Å². The number of fused-ring (bicyclic) bond motifs is 2. The molecular formula is C17H22ClFN2O2. The summed E-state index contributed by atoms with van der Waals surface area (Å²) in [4.78, 5) is 12.2. The molecule has 6 heteroatoms. The summed E-state index contributed by atoms with van der Waals surface area (Å²) in [6, 6.07) is 4.52. The van der Waals surface area contributed by atoms with Crippen molar-refractivity contribution in [2.24, 2.45) is 17.6 Å². The minimum absolute atomic E-state index is 0.0151. The third-order valence-corrected chi connectivity index (χ3v) is 5.25. The zero-order valence-corrected chi connectivity index (χ0v) is 13.7. The average molecular weight is 341 g/mol. The number of hydrogen-bond donors (Lipinski definition) is 2. The fourth-order valence-electron chi connectivity index (χ4n) is 3.97. The summed E-state index contributed by atoms with van der Waals surface area (Å²) in [5.74, 6) is 0.679. The molecule has 2 aliphatic rings. The number of carbonyl (C=O) groups excluding carboxylic acids is 1. The maximum absolute atomic E-state index is 13.1.